The topological polar surface area (TPSA) is 17.1 Å². The molecule has 0 radical (unpaired) electrons. The molecule has 1 aliphatic heterocycles. The molecule has 0 aliphatic carbocycles. The smallest absolute Gasteiger partial charge is 0.200 e. The van der Waals surface area contributed by atoms with Crippen LogP contribution in [0.25, 0.3) is 0 Å². The van der Waals surface area contributed by atoms with E-state index in [-0.39, 0.29) is 5.78 Å². The minimum absolute atomic E-state index is 0.165. The fraction of sp³-hybridized carbons (Fsp3) is 0.100. The van der Waals surface area contributed by atoms with Crippen LogP contribution in [0.1, 0.15) is 17.3 Å². The van der Waals surface area contributed by atoms with Gasteiger partial charge in [-0.05, 0) is 19.1 Å². The van der Waals surface area contributed by atoms with Gasteiger partial charge in [-0.1, -0.05) is 30.0 Å². The molecule has 1 aromatic rings. The summed E-state index contributed by atoms with van der Waals surface area (Å²) in [4.78, 5) is 13.5. The SMILES string of the molecule is C/C=C1\Sc2ccccc2C1=O. The second-order valence-corrected chi connectivity index (χ2v) is 3.66. The lowest BCUT2D eigenvalue weighted by molar-refractivity contribution is 0.104. The van der Waals surface area contributed by atoms with Gasteiger partial charge in [0.2, 0.25) is 0 Å². The Hall–Kier alpha value is -1.02. The van der Waals surface area contributed by atoms with Crippen molar-refractivity contribution in [2.75, 3.05) is 0 Å². The molecule has 0 spiro atoms. The molecule has 0 saturated carbocycles. The summed E-state index contributed by atoms with van der Waals surface area (Å²) in [5.41, 5.74) is 0.843. The van der Waals surface area contributed by atoms with Gasteiger partial charge in [-0.2, -0.15) is 0 Å². The predicted octanol–water partition coefficient (Wildman–Crippen LogP) is 2.88. The normalized spacial score (nSPS) is 18.4. The highest BCUT2D eigenvalue weighted by Crippen LogP contribution is 2.39. The van der Waals surface area contributed by atoms with Crippen LogP contribution in [0.2, 0.25) is 0 Å². The Morgan fingerprint density at radius 3 is 2.75 bits per heavy atom. The molecule has 0 N–H and O–H groups in total. The van der Waals surface area contributed by atoms with Crippen molar-refractivity contribution in [1.82, 2.24) is 0 Å². The van der Waals surface area contributed by atoms with Crippen LogP contribution in [-0.2, 0) is 0 Å². The minimum atomic E-state index is 0.165. The average Bonchev–Trinajstić information content (AvgIpc) is 2.44. The molecule has 1 aromatic carbocycles. The largest absolute Gasteiger partial charge is 0.288 e. The van der Waals surface area contributed by atoms with E-state index in [9.17, 15) is 4.79 Å². The first kappa shape index (κ1) is 7.62. The molecule has 0 fully saturated rings. The zero-order valence-electron chi connectivity index (χ0n) is 6.70. The zero-order valence-corrected chi connectivity index (χ0v) is 7.52. The first-order valence-electron chi connectivity index (χ1n) is 3.81. The van der Waals surface area contributed by atoms with E-state index in [1.807, 2.05) is 37.3 Å². The molecule has 12 heavy (non-hydrogen) atoms. The first-order valence-corrected chi connectivity index (χ1v) is 4.62. The molecule has 0 aromatic heterocycles. The van der Waals surface area contributed by atoms with Gasteiger partial charge in [0.15, 0.2) is 5.78 Å². The Kier molecular flexibility index (Phi) is 1.77. The third kappa shape index (κ3) is 0.994. The highest BCUT2D eigenvalue weighted by atomic mass is 32.2. The minimum Gasteiger partial charge on any atom is -0.288 e. The lowest BCUT2D eigenvalue weighted by Gasteiger charge is -1.90. The van der Waals surface area contributed by atoms with Crippen molar-refractivity contribution in [2.45, 2.75) is 11.8 Å². The number of carbonyl (C=O) groups excluding carboxylic acids is 1. The third-order valence-corrected chi connectivity index (χ3v) is 3.05. The Labute approximate surface area is 75.5 Å². The fourth-order valence-electron chi connectivity index (χ4n) is 1.23. The van der Waals surface area contributed by atoms with Crippen LogP contribution < -0.4 is 0 Å². The van der Waals surface area contributed by atoms with Gasteiger partial charge >= 0.3 is 0 Å². The number of hydrogen-bond acceptors (Lipinski definition) is 2. The Bertz CT molecular complexity index is 366. The quantitative estimate of drug-likeness (QED) is 0.565. The Balaban J connectivity index is 2.56. The summed E-state index contributed by atoms with van der Waals surface area (Å²) in [6.07, 6.45) is 1.87. The molecule has 0 unspecified atom stereocenters. The number of ketones is 1. The van der Waals surface area contributed by atoms with Crippen molar-refractivity contribution in [3.8, 4) is 0 Å². The van der Waals surface area contributed by atoms with Gasteiger partial charge in [-0.25, -0.2) is 0 Å². The highest BCUT2D eigenvalue weighted by Gasteiger charge is 2.23. The molecule has 1 heterocycles. The maximum Gasteiger partial charge on any atom is 0.200 e. The van der Waals surface area contributed by atoms with Gasteiger partial charge < -0.3 is 0 Å². The van der Waals surface area contributed by atoms with Crippen LogP contribution >= 0.6 is 11.8 Å². The predicted molar refractivity (Wildman–Crippen MR) is 50.4 cm³/mol. The molecular weight excluding hydrogens is 168 g/mol. The second-order valence-electron chi connectivity index (χ2n) is 2.58. The summed E-state index contributed by atoms with van der Waals surface area (Å²) in [6, 6.07) is 7.71. The summed E-state index contributed by atoms with van der Waals surface area (Å²) in [5, 5.41) is 0. The number of carbonyl (C=O) groups is 1. The molecule has 0 saturated heterocycles. The number of allylic oxidation sites excluding steroid dienone is 2. The molecule has 1 nitrogen and oxygen atoms in total. The summed E-state index contributed by atoms with van der Waals surface area (Å²) in [5.74, 6) is 0.165. The highest BCUT2D eigenvalue weighted by molar-refractivity contribution is 8.04. The molecular formula is C10H8OS. The van der Waals surface area contributed by atoms with E-state index in [4.69, 9.17) is 0 Å². The molecule has 60 valence electrons. The van der Waals surface area contributed by atoms with Crippen LogP contribution in [0.4, 0.5) is 0 Å². The summed E-state index contributed by atoms with van der Waals surface area (Å²) in [7, 11) is 0. The molecule has 2 rings (SSSR count). The van der Waals surface area contributed by atoms with Crippen LogP contribution in [0.3, 0.4) is 0 Å². The van der Waals surface area contributed by atoms with Gasteiger partial charge in [0.1, 0.15) is 0 Å². The monoisotopic (exact) mass is 176 g/mol. The molecule has 2 heteroatoms. The van der Waals surface area contributed by atoms with Crippen molar-refractivity contribution < 1.29 is 4.79 Å². The maximum absolute atomic E-state index is 11.5. The number of benzene rings is 1. The Morgan fingerprint density at radius 2 is 2.08 bits per heavy atom. The van der Waals surface area contributed by atoms with E-state index in [0.717, 1.165) is 15.4 Å². The maximum atomic E-state index is 11.5. The average molecular weight is 176 g/mol. The van der Waals surface area contributed by atoms with Crippen molar-refractivity contribution in [3.63, 3.8) is 0 Å². The van der Waals surface area contributed by atoms with Crippen LogP contribution in [0.5, 0.6) is 0 Å². The van der Waals surface area contributed by atoms with E-state index in [2.05, 4.69) is 0 Å². The standard InChI is InChI=1S/C10H8OS/c1-2-8-10(11)7-5-3-4-6-9(7)12-8/h2-6H,1H3/b8-2-. The molecule has 1 aliphatic rings. The fourth-order valence-corrected chi connectivity index (χ4v) is 2.21. The molecule has 0 bridgehead atoms. The van der Waals surface area contributed by atoms with Gasteiger partial charge in [0.25, 0.3) is 0 Å². The first-order chi connectivity index (χ1) is 5.83. The molecule has 0 amide bonds. The van der Waals surface area contributed by atoms with Crippen LogP contribution in [0.15, 0.2) is 40.1 Å². The van der Waals surface area contributed by atoms with Gasteiger partial charge in [-0.3, -0.25) is 4.79 Å². The van der Waals surface area contributed by atoms with Crippen molar-refractivity contribution in [1.29, 1.82) is 0 Å². The van der Waals surface area contributed by atoms with Crippen molar-refractivity contribution in [3.05, 3.63) is 40.8 Å². The van der Waals surface area contributed by atoms with Gasteiger partial charge in [-0.15, -0.1) is 0 Å². The molecule has 0 atom stereocenters. The van der Waals surface area contributed by atoms with Crippen LogP contribution in [0, 0.1) is 0 Å². The van der Waals surface area contributed by atoms with Gasteiger partial charge in [0.05, 0.1) is 4.91 Å². The van der Waals surface area contributed by atoms with E-state index < -0.39 is 0 Å². The lowest BCUT2D eigenvalue weighted by atomic mass is 10.1. The van der Waals surface area contributed by atoms with E-state index in [1.165, 1.54) is 0 Å². The third-order valence-electron chi connectivity index (χ3n) is 1.84. The Morgan fingerprint density at radius 1 is 1.33 bits per heavy atom. The van der Waals surface area contributed by atoms with Crippen molar-refractivity contribution in [2.24, 2.45) is 0 Å². The summed E-state index contributed by atoms with van der Waals surface area (Å²) in [6.45, 7) is 1.89. The van der Waals surface area contributed by atoms with Crippen LogP contribution in [-0.4, -0.2) is 5.78 Å². The zero-order chi connectivity index (χ0) is 8.55. The van der Waals surface area contributed by atoms with Gasteiger partial charge in [0, 0.05) is 10.5 Å². The van der Waals surface area contributed by atoms with Crippen molar-refractivity contribution >= 4 is 17.5 Å². The lowest BCUT2D eigenvalue weighted by Crippen LogP contribution is -1.92. The van der Waals surface area contributed by atoms with E-state index in [1.54, 1.807) is 11.8 Å². The number of thioether (sulfide) groups is 1. The number of rotatable bonds is 0. The second kappa shape index (κ2) is 2.79. The summed E-state index contributed by atoms with van der Waals surface area (Å²) < 4.78 is 0. The van der Waals surface area contributed by atoms with E-state index in [0.29, 0.717) is 0 Å². The number of fused-ring (bicyclic) bond motifs is 1. The summed E-state index contributed by atoms with van der Waals surface area (Å²) >= 11 is 1.56. The number of Topliss-reactive ketones (excluding diaryl/α,β-unsaturated/α-hetero) is 1. The number of hydrogen-bond donors (Lipinski definition) is 0. The van der Waals surface area contributed by atoms with E-state index >= 15 is 0 Å².